The van der Waals surface area contributed by atoms with Gasteiger partial charge in [0.1, 0.15) is 12.6 Å². The molecule has 0 radical (unpaired) electrons. The molecule has 130 valence electrons. The number of rotatable bonds is 10. The zero-order valence-electron chi connectivity index (χ0n) is 11.9. The lowest BCUT2D eigenvalue weighted by Gasteiger charge is -2.18. The molecule has 3 amide bonds. The SMILES string of the molecule is NC(CC(=O)O)C(=O)NC(CO)C(=O)NCC(=O)NCC(=O)O. The smallest absolute Gasteiger partial charge is 0.322 e. The van der Waals surface area contributed by atoms with Gasteiger partial charge in [-0.3, -0.25) is 24.0 Å². The van der Waals surface area contributed by atoms with Gasteiger partial charge in [0.05, 0.1) is 25.6 Å². The fraction of sp³-hybridized carbons (Fsp3) is 0.545. The number of nitrogens with two attached hydrogens (primary N) is 1. The van der Waals surface area contributed by atoms with Crippen LogP contribution in [0.3, 0.4) is 0 Å². The first kappa shape index (κ1) is 20.3. The molecule has 23 heavy (non-hydrogen) atoms. The van der Waals surface area contributed by atoms with Gasteiger partial charge in [0.2, 0.25) is 17.7 Å². The molecule has 0 fully saturated rings. The van der Waals surface area contributed by atoms with Crippen molar-refractivity contribution in [1.82, 2.24) is 16.0 Å². The summed E-state index contributed by atoms with van der Waals surface area (Å²) in [6.07, 6.45) is -0.663. The zero-order chi connectivity index (χ0) is 18.0. The number of hydrogen-bond acceptors (Lipinski definition) is 7. The summed E-state index contributed by atoms with van der Waals surface area (Å²) in [5, 5.41) is 32.0. The highest BCUT2D eigenvalue weighted by Gasteiger charge is 2.24. The van der Waals surface area contributed by atoms with E-state index in [2.05, 4.69) is 5.32 Å². The fourth-order valence-electron chi connectivity index (χ4n) is 1.28. The number of carbonyl (C=O) groups is 5. The van der Waals surface area contributed by atoms with Crippen LogP contribution in [0, 0.1) is 0 Å². The van der Waals surface area contributed by atoms with Crippen molar-refractivity contribution in [2.24, 2.45) is 5.73 Å². The topological polar surface area (TPSA) is 208 Å². The van der Waals surface area contributed by atoms with Gasteiger partial charge in [-0.05, 0) is 0 Å². The van der Waals surface area contributed by atoms with Crippen molar-refractivity contribution in [2.75, 3.05) is 19.7 Å². The summed E-state index contributed by atoms with van der Waals surface area (Å²) in [4.78, 5) is 55.0. The second kappa shape index (κ2) is 10.1. The van der Waals surface area contributed by atoms with Gasteiger partial charge in [0.25, 0.3) is 0 Å². The summed E-state index contributed by atoms with van der Waals surface area (Å²) < 4.78 is 0. The van der Waals surface area contributed by atoms with Crippen molar-refractivity contribution in [1.29, 1.82) is 0 Å². The van der Waals surface area contributed by atoms with Crippen molar-refractivity contribution in [3.8, 4) is 0 Å². The average molecular weight is 334 g/mol. The van der Waals surface area contributed by atoms with E-state index >= 15 is 0 Å². The molecule has 0 aromatic rings. The summed E-state index contributed by atoms with van der Waals surface area (Å²) in [5.74, 6) is -5.25. The van der Waals surface area contributed by atoms with Crippen molar-refractivity contribution < 1.29 is 39.3 Å². The van der Waals surface area contributed by atoms with Gasteiger partial charge < -0.3 is 37.0 Å². The first-order valence-electron chi connectivity index (χ1n) is 6.32. The van der Waals surface area contributed by atoms with Crippen LogP contribution in [-0.4, -0.2) is 76.8 Å². The van der Waals surface area contributed by atoms with E-state index in [9.17, 15) is 24.0 Å². The number of aliphatic carboxylic acids is 2. The molecule has 0 aromatic heterocycles. The van der Waals surface area contributed by atoms with Gasteiger partial charge in [-0.1, -0.05) is 0 Å². The van der Waals surface area contributed by atoms with Crippen LogP contribution in [0.5, 0.6) is 0 Å². The van der Waals surface area contributed by atoms with Crippen LogP contribution in [0.4, 0.5) is 0 Å². The maximum atomic E-state index is 11.7. The molecule has 8 N–H and O–H groups in total. The minimum atomic E-state index is -1.44. The molecule has 12 nitrogen and oxygen atoms in total. The van der Waals surface area contributed by atoms with Crippen LogP contribution in [0.25, 0.3) is 0 Å². The minimum Gasteiger partial charge on any atom is -0.481 e. The third kappa shape index (κ3) is 9.00. The summed E-state index contributed by atoms with van der Waals surface area (Å²) >= 11 is 0. The van der Waals surface area contributed by atoms with Gasteiger partial charge in [0.15, 0.2) is 0 Å². The molecular formula is C11H18N4O8. The second-order valence-corrected chi connectivity index (χ2v) is 4.34. The number of nitrogens with one attached hydrogen (secondary N) is 3. The summed E-state index contributed by atoms with van der Waals surface area (Å²) in [6, 6.07) is -2.84. The van der Waals surface area contributed by atoms with Crippen LogP contribution in [0.15, 0.2) is 0 Å². The molecule has 0 spiro atoms. The number of hydrogen-bond donors (Lipinski definition) is 7. The standard InChI is InChI=1S/C11H18N4O8/c12-5(1-8(18)19)10(22)15-6(4-16)11(23)14-2-7(17)13-3-9(20)21/h5-6,16H,1-4,12H2,(H,13,17)(H,14,23)(H,15,22)(H,18,19)(H,20,21). The third-order valence-corrected chi connectivity index (χ3v) is 2.41. The zero-order valence-corrected chi connectivity index (χ0v) is 11.9. The van der Waals surface area contributed by atoms with Crippen molar-refractivity contribution in [3.05, 3.63) is 0 Å². The Morgan fingerprint density at radius 3 is 2.00 bits per heavy atom. The van der Waals surface area contributed by atoms with Crippen molar-refractivity contribution >= 4 is 29.7 Å². The van der Waals surface area contributed by atoms with E-state index in [1.165, 1.54) is 0 Å². The maximum absolute atomic E-state index is 11.7. The predicted molar refractivity (Wildman–Crippen MR) is 72.9 cm³/mol. The molecule has 2 unspecified atom stereocenters. The van der Waals surface area contributed by atoms with Crippen LogP contribution >= 0.6 is 0 Å². The number of aliphatic hydroxyl groups excluding tert-OH is 1. The first-order valence-corrected chi connectivity index (χ1v) is 6.32. The Kier molecular flexibility index (Phi) is 8.88. The first-order chi connectivity index (χ1) is 10.7. The Morgan fingerprint density at radius 2 is 1.52 bits per heavy atom. The highest BCUT2D eigenvalue weighted by molar-refractivity contribution is 5.93. The van der Waals surface area contributed by atoms with E-state index in [4.69, 9.17) is 21.1 Å². The van der Waals surface area contributed by atoms with E-state index in [0.717, 1.165) is 0 Å². The van der Waals surface area contributed by atoms with Gasteiger partial charge in [0, 0.05) is 0 Å². The van der Waals surface area contributed by atoms with Gasteiger partial charge in [-0.25, -0.2) is 0 Å². The fourth-order valence-corrected chi connectivity index (χ4v) is 1.28. The Labute approximate surface area is 130 Å². The lowest BCUT2D eigenvalue weighted by Crippen LogP contribution is -2.54. The number of aliphatic hydroxyl groups is 1. The number of carboxylic acid groups (broad SMARTS) is 2. The van der Waals surface area contributed by atoms with E-state index in [0.29, 0.717) is 0 Å². The molecule has 0 aliphatic rings. The van der Waals surface area contributed by atoms with Gasteiger partial charge in [-0.2, -0.15) is 0 Å². The van der Waals surface area contributed by atoms with E-state index in [1.54, 1.807) is 0 Å². The molecule has 0 bridgehead atoms. The van der Waals surface area contributed by atoms with E-state index < -0.39 is 67.9 Å². The predicted octanol–water partition coefficient (Wildman–Crippen LogP) is -4.42. The lowest BCUT2D eigenvalue weighted by atomic mass is 10.2. The molecule has 2 atom stereocenters. The van der Waals surface area contributed by atoms with Crippen LogP contribution < -0.4 is 21.7 Å². The molecule has 0 saturated carbocycles. The Balaban J connectivity index is 4.35. The molecule has 0 rings (SSSR count). The van der Waals surface area contributed by atoms with Crippen LogP contribution in [0.2, 0.25) is 0 Å². The number of carbonyl (C=O) groups excluding carboxylic acids is 3. The third-order valence-electron chi connectivity index (χ3n) is 2.41. The average Bonchev–Trinajstić information content (AvgIpc) is 2.46. The largest absolute Gasteiger partial charge is 0.481 e. The van der Waals surface area contributed by atoms with Gasteiger partial charge in [-0.15, -0.1) is 0 Å². The Morgan fingerprint density at radius 1 is 0.913 bits per heavy atom. The van der Waals surface area contributed by atoms with E-state index in [1.807, 2.05) is 10.6 Å². The highest BCUT2D eigenvalue weighted by atomic mass is 16.4. The van der Waals surface area contributed by atoms with Crippen LogP contribution in [-0.2, 0) is 24.0 Å². The molecule has 0 saturated heterocycles. The normalized spacial score (nSPS) is 12.6. The Bertz CT molecular complexity index is 481. The minimum absolute atomic E-state index is 0.570. The second-order valence-electron chi connectivity index (χ2n) is 4.34. The molecule has 0 heterocycles. The Hall–Kier alpha value is -2.73. The lowest BCUT2D eigenvalue weighted by molar-refractivity contribution is -0.140. The summed E-state index contributed by atoms with van der Waals surface area (Å²) in [7, 11) is 0. The van der Waals surface area contributed by atoms with Crippen molar-refractivity contribution in [2.45, 2.75) is 18.5 Å². The maximum Gasteiger partial charge on any atom is 0.322 e. The quantitative estimate of drug-likeness (QED) is 0.205. The molecule has 12 heteroatoms. The monoisotopic (exact) mass is 334 g/mol. The van der Waals surface area contributed by atoms with Gasteiger partial charge >= 0.3 is 11.9 Å². The highest BCUT2D eigenvalue weighted by Crippen LogP contribution is 1.91. The summed E-state index contributed by atoms with van der Waals surface area (Å²) in [5.41, 5.74) is 5.29. The molecule has 0 aromatic carbocycles. The van der Waals surface area contributed by atoms with E-state index in [-0.39, 0.29) is 0 Å². The molecule has 0 aliphatic heterocycles. The summed E-state index contributed by atoms with van der Waals surface area (Å²) in [6.45, 7) is -2.01. The molecule has 0 aliphatic carbocycles. The molecular weight excluding hydrogens is 316 g/mol. The number of amides is 3. The number of carboxylic acids is 2. The van der Waals surface area contributed by atoms with Crippen molar-refractivity contribution in [3.63, 3.8) is 0 Å². The van der Waals surface area contributed by atoms with Crippen LogP contribution in [0.1, 0.15) is 6.42 Å².